The van der Waals surface area contributed by atoms with Gasteiger partial charge in [-0.05, 0) is 47.4 Å². The molecule has 0 saturated carbocycles. The molecule has 3 aromatic rings. The Kier molecular flexibility index (Phi) is 6.99. The minimum Gasteiger partial charge on any atom is -0.467 e. The Balaban J connectivity index is 1.89. The summed E-state index contributed by atoms with van der Waals surface area (Å²) in [6.07, 6.45) is 0. The van der Waals surface area contributed by atoms with Crippen molar-refractivity contribution < 1.29 is 18.7 Å². The van der Waals surface area contributed by atoms with E-state index in [2.05, 4.69) is 34.6 Å². The van der Waals surface area contributed by atoms with Crippen LogP contribution in [0.5, 0.6) is 5.75 Å². The molecular weight excluding hydrogens is 404 g/mol. The lowest BCUT2D eigenvalue weighted by Crippen LogP contribution is -2.27. The summed E-state index contributed by atoms with van der Waals surface area (Å²) in [6, 6.07) is 19.4. The molecule has 0 aromatic heterocycles. The van der Waals surface area contributed by atoms with Gasteiger partial charge in [0, 0.05) is 12.7 Å². The van der Waals surface area contributed by atoms with Crippen molar-refractivity contribution in [1.29, 1.82) is 0 Å². The van der Waals surface area contributed by atoms with Gasteiger partial charge in [0.1, 0.15) is 5.75 Å². The molecule has 5 heteroatoms. The summed E-state index contributed by atoms with van der Waals surface area (Å²) in [4.78, 5) is 13.3. The third-order valence-corrected chi connectivity index (χ3v) is 6.87. The third-order valence-electron chi connectivity index (χ3n) is 5.13. The molecular formula is C26H32O4Si. The van der Waals surface area contributed by atoms with E-state index >= 15 is 0 Å². The number of hydrogen-bond donors (Lipinski definition) is 0. The molecule has 0 aliphatic rings. The Hall–Kier alpha value is -2.47. The molecule has 3 rings (SSSR count). The second-order valence-corrected chi connectivity index (χ2v) is 12.2. The van der Waals surface area contributed by atoms with Gasteiger partial charge >= 0.3 is 0 Å². The zero-order valence-corrected chi connectivity index (χ0v) is 20.7. The Labute approximate surface area is 187 Å². The van der Waals surface area contributed by atoms with Crippen molar-refractivity contribution in [1.82, 2.24) is 0 Å². The Morgan fingerprint density at radius 3 is 2.10 bits per heavy atom. The van der Waals surface area contributed by atoms with Gasteiger partial charge in [0.15, 0.2) is 22.3 Å². The molecule has 0 saturated heterocycles. The largest absolute Gasteiger partial charge is 0.467 e. The fourth-order valence-electron chi connectivity index (χ4n) is 3.30. The van der Waals surface area contributed by atoms with E-state index in [9.17, 15) is 4.79 Å². The number of fused-ring (bicyclic) bond motifs is 1. The van der Waals surface area contributed by atoms with Crippen LogP contribution >= 0.6 is 0 Å². The molecule has 0 spiro atoms. The number of hydrogen-bond acceptors (Lipinski definition) is 4. The van der Waals surface area contributed by atoms with Gasteiger partial charge in [-0.25, -0.2) is 0 Å². The number of methoxy groups -OCH3 is 1. The van der Waals surface area contributed by atoms with Gasteiger partial charge in [-0.2, -0.15) is 0 Å². The zero-order valence-electron chi connectivity index (χ0n) is 19.3. The van der Waals surface area contributed by atoms with Crippen LogP contribution in [0.3, 0.4) is 0 Å². The number of rotatable bonds is 8. The fourth-order valence-corrected chi connectivity index (χ4v) is 4.26. The average molecular weight is 437 g/mol. The van der Waals surface area contributed by atoms with Gasteiger partial charge in [-0.1, -0.05) is 69.3 Å². The van der Waals surface area contributed by atoms with Gasteiger partial charge in [0.05, 0.1) is 11.2 Å². The molecule has 3 aromatic carbocycles. The lowest BCUT2D eigenvalue weighted by atomic mass is 9.94. The molecule has 164 valence electrons. The van der Waals surface area contributed by atoms with Crippen molar-refractivity contribution in [2.75, 3.05) is 13.9 Å². The molecule has 0 amide bonds. The number of ether oxygens (including phenoxy) is 2. The smallest absolute Gasteiger partial charge is 0.196 e. The summed E-state index contributed by atoms with van der Waals surface area (Å²) in [7, 11) is 0.868. The van der Waals surface area contributed by atoms with Crippen molar-refractivity contribution in [2.24, 2.45) is 0 Å². The topological polar surface area (TPSA) is 44.8 Å². The lowest BCUT2D eigenvalue weighted by molar-refractivity contribution is 0.0504. The van der Waals surface area contributed by atoms with Gasteiger partial charge in [0.25, 0.3) is 0 Å². The molecule has 0 radical (unpaired) electrons. The zero-order chi connectivity index (χ0) is 22.6. The maximum Gasteiger partial charge on any atom is 0.196 e. The monoisotopic (exact) mass is 436 g/mol. The summed E-state index contributed by atoms with van der Waals surface area (Å²) in [6.45, 7) is 10.9. The predicted molar refractivity (Wildman–Crippen MR) is 129 cm³/mol. The van der Waals surface area contributed by atoms with Crippen molar-refractivity contribution >= 4 is 26.3 Å². The highest BCUT2D eigenvalue weighted by molar-refractivity contribution is 6.31. The van der Waals surface area contributed by atoms with Crippen LogP contribution in [0.15, 0.2) is 60.7 Å². The first-order valence-corrected chi connectivity index (χ1v) is 11.8. The standard InChI is InChI=1S/C26H32O4Si/c1-25(2,3)31-30-26(4,5)21-13-11-18(12-14-21)24(27)22-15-19-9-7-8-10-20(19)16-23(22)29-17-28-6/h7-16H,17,31H2,1-6H3. The van der Waals surface area contributed by atoms with E-state index < -0.39 is 9.76 Å². The molecule has 0 fully saturated rings. The first kappa shape index (κ1) is 23.2. The van der Waals surface area contributed by atoms with Gasteiger partial charge in [-0.15, -0.1) is 0 Å². The summed E-state index contributed by atoms with van der Waals surface area (Å²) < 4.78 is 17.1. The lowest BCUT2D eigenvalue weighted by Gasteiger charge is -2.30. The normalized spacial score (nSPS) is 12.6. The van der Waals surface area contributed by atoms with Crippen molar-refractivity contribution in [2.45, 2.75) is 45.3 Å². The molecule has 0 heterocycles. The van der Waals surface area contributed by atoms with E-state index in [0.29, 0.717) is 16.9 Å². The molecule has 0 aliphatic heterocycles. The minimum atomic E-state index is -0.695. The first-order chi connectivity index (χ1) is 14.6. The summed E-state index contributed by atoms with van der Waals surface area (Å²) in [5.41, 5.74) is 1.83. The van der Waals surface area contributed by atoms with E-state index in [4.69, 9.17) is 13.9 Å². The second kappa shape index (κ2) is 9.35. The van der Waals surface area contributed by atoms with Crippen LogP contribution in [0.25, 0.3) is 10.8 Å². The summed E-state index contributed by atoms with van der Waals surface area (Å²) >= 11 is 0. The molecule has 0 atom stereocenters. The second-order valence-electron chi connectivity index (χ2n) is 9.51. The van der Waals surface area contributed by atoms with E-state index in [1.807, 2.05) is 60.7 Å². The first-order valence-electron chi connectivity index (χ1n) is 10.5. The number of carbonyl (C=O) groups excluding carboxylic acids is 1. The minimum absolute atomic E-state index is 0.0776. The molecule has 0 unspecified atom stereocenters. The maximum absolute atomic E-state index is 13.3. The SMILES string of the molecule is COCOc1cc2ccccc2cc1C(=O)c1ccc(C(C)(C)O[SiH2]C(C)(C)C)cc1. The van der Waals surface area contributed by atoms with E-state index in [0.717, 1.165) is 16.3 Å². The van der Waals surface area contributed by atoms with Crippen LogP contribution in [0, 0.1) is 0 Å². The summed E-state index contributed by atoms with van der Waals surface area (Å²) in [5, 5.41) is 2.23. The van der Waals surface area contributed by atoms with Crippen molar-refractivity contribution in [3.8, 4) is 5.75 Å². The average Bonchev–Trinajstić information content (AvgIpc) is 2.75. The highest BCUT2D eigenvalue weighted by atomic mass is 28.2. The van der Waals surface area contributed by atoms with Crippen molar-refractivity contribution in [3.63, 3.8) is 0 Å². The quantitative estimate of drug-likeness (QED) is 0.262. The molecule has 31 heavy (non-hydrogen) atoms. The van der Waals surface area contributed by atoms with Gasteiger partial charge in [0.2, 0.25) is 0 Å². The van der Waals surface area contributed by atoms with Crippen LogP contribution < -0.4 is 4.74 Å². The molecule has 0 N–H and O–H groups in total. The highest BCUT2D eigenvalue weighted by Gasteiger charge is 2.25. The van der Waals surface area contributed by atoms with Crippen molar-refractivity contribution in [3.05, 3.63) is 77.4 Å². The molecule has 0 bridgehead atoms. The molecule has 0 aliphatic carbocycles. The third kappa shape index (κ3) is 5.82. The number of ketones is 1. The Morgan fingerprint density at radius 2 is 1.52 bits per heavy atom. The van der Waals surface area contributed by atoms with Crippen LogP contribution in [0.2, 0.25) is 5.04 Å². The Morgan fingerprint density at radius 1 is 0.903 bits per heavy atom. The van der Waals surface area contributed by atoms with Gasteiger partial charge < -0.3 is 13.9 Å². The molecule has 4 nitrogen and oxygen atoms in total. The number of carbonyl (C=O) groups is 1. The van der Waals surface area contributed by atoms with Crippen LogP contribution in [0.1, 0.15) is 56.1 Å². The fraction of sp³-hybridized carbons (Fsp3) is 0.346. The van der Waals surface area contributed by atoms with E-state index in [-0.39, 0.29) is 23.2 Å². The van der Waals surface area contributed by atoms with Gasteiger partial charge in [-0.3, -0.25) is 4.79 Å². The Bertz CT molecular complexity index is 1050. The van der Waals surface area contributed by atoms with E-state index in [1.165, 1.54) is 0 Å². The highest BCUT2D eigenvalue weighted by Crippen LogP contribution is 2.31. The predicted octanol–water partition coefficient (Wildman–Crippen LogP) is 5.61. The van der Waals surface area contributed by atoms with Crippen LogP contribution in [-0.2, 0) is 14.8 Å². The van der Waals surface area contributed by atoms with Crippen LogP contribution in [-0.4, -0.2) is 29.4 Å². The number of benzene rings is 3. The van der Waals surface area contributed by atoms with E-state index in [1.54, 1.807) is 7.11 Å². The van der Waals surface area contributed by atoms with Crippen LogP contribution in [0.4, 0.5) is 0 Å². The maximum atomic E-state index is 13.3. The summed E-state index contributed by atoms with van der Waals surface area (Å²) in [5.74, 6) is 0.445.